The van der Waals surface area contributed by atoms with Crippen molar-refractivity contribution in [2.24, 2.45) is 23.7 Å². The zero-order valence-electron chi connectivity index (χ0n) is 17.5. The second kappa shape index (κ2) is 9.86. The second-order valence-electron chi connectivity index (χ2n) is 9.36. The van der Waals surface area contributed by atoms with Crippen molar-refractivity contribution in [3.05, 3.63) is 34.9 Å². The first-order chi connectivity index (χ1) is 13.5. The van der Waals surface area contributed by atoms with E-state index >= 15 is 0 Å². The summed E-state index contributed by atoms with van der Waals surface area (Å²) in [4.78, 5) is 0. The molecular weight excluding hydrogens is 352 g/mol. The number of nitriles is 1. The van der Waals surface area contributed by atoms with Gasteiger partial charge in [-0.2, -0.15) is 5.26 Å². The molecule has 0 heterocycles. The van der Waals surface area contributed by atoms with Crippen LogP contribution in [0.2, 0.25) is 0 Å². The van der Waals surface area contributed by atoms with E-state index in [1.807, 2.05) is 0 Å². The van der Waals surface area contributed by atoms with Crippen LogP contribution in [0.5, 0.6) is 0 Å². The Morgan fingerprint density at radius 2 is 1.50 bits per heavy atom. The maximum atomic E-state index is 14.0. The van der Waals surface area contributed by atoms with Crippen molar-refractivity contribution >= 4 is 0 Å². The second-order valence-corrected chi connectivity index (χ2v) is 9.36. The number of hydrogen-bond donors (Lipinski definition) is 0. The Bertz CT molecular complexity index is 653. The van der Waals surface area contributed by atoms with Gasteiger partial charge in [-0.05, 0) is 85.8 Å². The van der Waals surface area contributed by atoms with Gasteiger partial charge in [0.15, 0.2) is 0 Å². The smallest absolute Gasteiger partial charge is 0.144 e. The summed E-state index contributed by atoms with van der Waals surface area (Å²) >= 11 is 0. The predicted octanol–water partition coefficient (Wildman–Crippen LogP) is 7.74. The highest BCUT2D eigenvalue weighted by Gasteiger charge is 2.32. The molecule has 1 aromatic carbocycles. The fourth-order valence-corrected chi connectivity index (χ4v) is 5.79. The third-order valence-electron chi connectivity index (χ3n) is 7.75. The summed E-state index contributed by atoms with van der Waals surface area (Å²) in [6.45, 7) is 4.37. The molecule has 0 spiro atoms. The van der Waals surface area contributed by atoms with Crippen LogP contribution in [0.15, 0.2) is 12.1 Å². The van der Waals surface area contributed by atoms with Gasteiger partial charge in [-0.1, -0.05) is 46.0 Å². The Hall–Kier alpha value is -1.43. The highest BCUT2D eigenvalue weighted by Crippen LogP contribution is 2.45. The maximum Gasteiger partial charge on any atom is 0.144 e. The quantitative estimate of drug-likeness (QED) is 0.489. The van der Waals surface area contributed by atoms with Crippen molar-refractivity contribution in [1.82, 2.24) is 0 Å². The third kappa shape index (κ3) is 4.94. The van der Waals surface area contributed by atoms with Crippen molar-refractivity contribution in [3.63, 3.8) is 0 Å². The molecule has 0 radical (unpaired) electrons. The summed E-state index contributed by atoms with van der Waals surface area (Å²) in [5, 5.41) is 8.86. The summed E-state index contributed by atoms with van der Waals surface area (Å²) in [5.41, 5.74) is 0.239. The Labute approximate surface area is 169 Å². The molecule has 0 aliphatic heterocycles. The molecule has 2 aliphatic carbocycles. The van der Waals surface area contributed by atoms with Crippen LogP contribution in [-0.2, 0) is 0 Å². The molecule has 0 bridgehead atoms. The predicted molar refractivity (Wildman–Crippen MR) is 110 cm³/mol. The molecule has 2 aliphatic rings. The molecule has 0 N–H and O–H groups in total. The van der Waals surface area contributed by atoms with Crippen molar-refractivity contribution in [3.8, 4) is 6.07 Å². The molecule has 2 fully saturated rings. The lowest BCUT2D eigenvalue weighted by Crippen LogP contribution is -2.27. The van der Waals surface area contributed by atoms with Gasteiger partial charge in [0.25, 0.3) is 0 Å². The van der Waals surface area contributed by atoms with E-state index in [9.17, 15) is 8.78 Å². The van der Waals surface area contributed by atoms with Gasteiger partial charge in [-0.15, -0.1) is 0 Å². The van der Waals surface area contributed by atoms with Crippen molar-refractivity contribution in [2.75, 3.05) is 0 Å². The number of benzene rings is 1. The summed E-state index contributed by atoms with van der Waals surface area (Å²) in [6, 6.07) is 4.36. The Morgan fingerprint density at radius 1 is 0.964 bits per heavy atom. The average molecular weight is 388 g/mol. The van der Waals surface area contributed by atoms with Crippen LogP contribution in [0.3, 0.4) is 0 Å². The van der Waals surface area contributed by atoms with Gasteiger partial charge >= 0.3 is 0 Å². The number of unbranched alkanes of at least 4 members (excludes halogenated alkanes) is 1. The Balaban J connectivity index is 1.51. The first kappa shape index (κ1) is 21.3. The lowest BCUT2D eigenvalue weighted by atomic mass is 9.66. The monoisotopic (exact) mass is 387 g/mol. The van der Waals surface area contributed by atoms with Gasteiger partial charge in [0.1, 0.15) is 23.3 Å². The molecule has 2 saturated carbocycles. The first-order valence-corrected chi connectivity index (χ1v) is 11.4. The van der Waals surface area contributed by atoms with Crippen LogP contribution in [0.25, 0.3) is 0 Å². The molecule has 0 aromatic heterocycles. The third-order valence-corrected chi connectivity index (χ3v) is 7.75. The van der Waals surface area contributed by atoms with Gasteiger partial charge in [0.2, 0.25) is 0 Å². The van der Waals surface area contributed by atoms with E-state index in [4.69, 9.17) is 5.26 Å². The summed E-state index contributed by atoms with van der Waals surface area (Å²) in [7, 11) is 0. The van der Waals surface area contributed by atoms with Crippen molar-refractivity contribution in [1.29, 1.82) is 5.26 Å². The maximum absolute atomic E-state index is 14.0. The Kier molecular flexibility index (Phi) is 7.49. The van der Waals surface area contributed by atoms with E-state index in [0.717, 1.165) is 30.6 Å². The van der Waals surface area contributed by atoms with Crippen LogP contribution in [-0.4, -0.2) is 0 Å². The lowest BCUT2D eigenvalue weighted by molar-refractivity contribution is 0.136. The minimum Gasteiger partial charge on any atom is -0.205 e. The molecule has 1 aromatic rings. The molecule has 1 atom stereocenters. The normalized spacial score (nSPS) is 29.2. The SMILES string of the molecule is CCCCC1CCC(C2CCC(C(C)c3cc(F)c(C#N)c(F)c3)CC2)CC1. The zero-order chi connectivity index (χ0) is 20.1. The lowest BCUT2D eigenvalue weighted by Gasteiger charge is -2.39. The standard InChI is InChI=1S/C25H35F2N/c1-3-4-5-18-6-8-20(9-7-18)21-12-10-19(11-13-21)17(2)22-14-24(26)23(16-28)25(27)15-22/h14-15,17-21H,3-13H2,1-2H3. The molecule has 28 heavy (non-hydrogen) atoms. The fraction of sp³-hybridized carbons (Fsp3) is 0.720. The number of rotatable bonds is 6. The molecule has 3 rings (SSSR count). The number of nitrogens with zero attached hydrogens (tertiary/aromatic N) is 1. The van der Waals surface area contributed by atoms with Gasteiger partial charge in [0.05, 0.1) is 0 Å². The van der Waals surface area contributed by atoms with Gasteiger partial charge in [0, 0.05) is 0 Å². The van der Waals surface area contributed by atoms with Crippen LogP contribution in [0.4, 0.5) is 8.78 Å². The van der Waals surface area contributed by atoms with E-state index in [1.165, 1.54) is 69.9 Å². The highest BCUT2D eigenvalue weighted by molar-refractivity contribution is 5.36. The van der Waals surface area contributed by atoms with Crippen LogP contribution >= 0.6 is 0 Å². The van der Waals surface area contributed by atoms with Gasteiger partial charge in [-0.3, -0.25) is 0 Å². The first-order valence-electron chi connectivity index (χ1n) is 11.4. The van der Waals surface area contributed by atoms with E-state index in [0.29, 0.717) is 11.5 Å². The van der Waals surface area contributed by atoms with Crippen LogP contribution in [0.1, 0.15) is 102 Å². The largest absolute Gasteiger partial charge is 0.205 e. The molecule has 1 unspecified atom stereocenters. The summed E-state index contributed by atoms with van der Waals surface area (Å²) < 4.78 is 28.0. The summed E-state index contributed by atoms with van der Waals surface area (Å²) in [5.74, 6) is 1.90. The molecular formula is C25H35F2N. The summed E-state index contributed by atoms with van der Waals surface area (Å²) in [6.07, 6.45) is 14.6. The molecule has 0 saturated heterocycles. The molecule has 154 valence electrons. The molecule has 1 nitrogen and oxygen atoms in total. The van der Waals surface area contributed by atoms with Crippen LogP contribution in [0, 0.1) is 46.6 Å². The number of hydrogen-bond acceptors (Lipinski definition) is 1. The Morgan fingerprint density at radius 3 is 2.00 bits per heavy atom. The molecule has 3 heteroatoms. The van der Waals surface area contributed by atoms with Crippen molar-refractivity contribution < 1.29 is 8.78 Å². The zero-order valence-corrected chi connectivity index (χ0v) is 17.5. The van der Waals surface area contributed by atoms with Crippen LogP contribution < -0.4 is 0 Å². The highest BCUT2D eigenvalue weighted by atomic mass is 19.1. The van der Waals surface area contributed by atoms with Gasteiger partial charge < -0.3 is 0 Å². The van der Waals surface area contributed by atoms with E-state index in [-0.39, 0.29) is 5.92 Å². The molecule has 0 amide bonds. The topological polar surface area (TPSA) is 23.8 Å². The number of halogens is 2. The minimum atomic E-state index is -0.724. The van der Waals surface area contributed by atoms with Crippen molar-refractivity contribution in [2.45, 2.75) is 90.4 Å². The fourth-order valence-electron chi connectivity index (χ4n) is 5.79. The van der Waals surface area contributed by atoms with E-state index < -0.39 is 17.2 Å². The van der Waals surface area contributed by atoms with E-state index in [1.54, 1.807) is 6.07 Å². The minimum absolute atomic E-state index is 0.141. The van der Waals surface area contributed by atoms with Gasteiger partial charge in [-0.25, -0.2) is 8.78 Å². The van der Waals surface area contributed by atoms with E-state index in [2.05, 4.69) is 13.8 Å². The average Bonchev–Trinajstić information content (AvgIpc) is 2.72.